The van der Waals surface area contributed by atoms with Crippen LogP contribution in [0.15, 0.2) is 24.3 Å². The van der Waals surface area contributed by atoms with E-state index in [-0.39, 0.29) is 0 Å². The van der Waals surface area contributed by atoms with Gasteiger partial charge >= 0.3 is 0 Å². The van der Waals surface area contributed by atoms with Gasteiger partial charge in [-0.1, -0.05) is 56.9 Å². The fourth-order valence-corrected chi connectivity index (χ4v) is 2.54. The largest absolute Gasteiger partial charge is 0.417 e. The summed E-state index contributed by atoms with van der Waals surface area (Å²) in [4.78, 5) is 0. The number of unbranched alkanes of at least 4 members (excludes halogenated alkanes) is 5. The predicted molar refractivity (Wildman–Crippen MR) is 90.2 cm³/mol. The van der Waals surface area contributed by atoms with Gasteiger partial charge in [0, 0.05) is 6.61 Å². The van der Waals surface area contributed by atoms with Crippen LogP contribution in [0.3, 0.4) is 0 Å². The zero-order chi connectivity index (χ0) is 14.4. The summed E-state index contributed by atoms with van der Waals surface area (Å²) in [5, 5.41) is 0. The molecular weight excluding hydrogens is 248 g/mol. The molecule has 2 heteroatoms. The van der Waals surface area contributed by atoms with E-state index in [9.17, 15) is 0 Å². The highest BCUT2D eigenvalue weighted by molar-refractivity contribution is 6.69. The molecule has 0 unspecified atom stereocenters. The molecule has 1 nitrogen and oxygen atoms in total. The molecule has 0 saturated heterocycles. The van der Waals surface area contributed by atoms with Gasteiger partial charge < -0.3 is 4.43 Å². The van der Waals surface area contributed by atoms with Crippen LogP contribution in [0, 0.1) is 0 Å². The standard InChI is InChI=1S/C17H34OSi/c1-5-6-7-8-9-10-11-12-13-14-15-16-17-18-19(2,3)4/h11-12,14-15H,5-10,13,16-17H2,1-4H3/b12-11-,15-14-. The summed E-state index contributed by atoms with van der Waals surface area (Å²) in [6.45, 7) is 9.86. The van der Waals surface area contributed by atoms with Crippen LogP contribution < -0.4 is 0 Å². The fourth-order valence-electron chi connectivity index (χ4n) is 1.81. The summed E-state index contributed by atoms with van der Waals surface area (Å²) in [5.41, 5.74) is 0. The minimum atomic E-state index is -1.31. The Labute approximate surface area is 122 Å². The molecule has 0 atom stereocenters. The minimum Gasteiger partial charge on any atom is -0.417 e. The molecule has 0 N–H and O–H groups in total. The van der Waals surface area contributed by atoms with Gasteiger partial charge in [0.1, 0.15) is 0 Å². The Morgan fingerprint density at radius 1 is 0.789 bits per heavy atom. The molecule has 0 rings (SSSR count). The van der Waals surface area contributed by atoms with Gasteiger partial charge in [-0.2, -0.15) is 0 Å². The molecule has 0 heterocycles. The maximum absolute atomic E-state index is 5.79. The van der Waals surface area contributed by atoms with Crippen LogP contribution in [0.4, 0.5) is 0 Å². The molecule has 0 aromatic carbocycles. The van der Waals surface area contributed by atoms with Crippen LogP contribution in [-0.4, -0.2) is 14.9 Å². The molecular formula is C17H34OSi. The fraction of sp³-hybridized carbons (Fsp3) is 0.765. The van der Waals surface area contributed by atoms with Crippen molar-refractivity contribution in [2.75, 3.05) is 6.61 Å². The number of allylic oxidation sites excluding steroid dienone is 3. The zero-order valence-corrected chi connectivity index (χ0v) is 14.6. The van der Waals surface area contributed by atoms with E-state index in [0.29, 0.717) is 0 Å². The summed E-state index contributed by atoms with van der Waals surface area (Å²) in [7, 11) is -1.31. The smallest absolute Gasteiger partial charge is 0.183 e. The summed E-state index contributed by atoms with van der Waals surface area (Å²) in [6, 6.07) is 0. The third kappa shape index (κ3) is 17.7. The normalized spacial score (nSPS) is 12.8. The number of rotatable bonds is 12. The van der Waals surface area contributed by atoms with Gasteiger partial charge in [0.15, 0.2) is 8.32 Å². The predicted octanol–water partition coefficient (Wildman–Crippen LogP) is 6.09. The lowest BCUT2D eigenvalue weighted by Crippen LogP contribution is -2.25. The highest BCUT2D eigenvalue weighted by Gasteiger charge is 2.12. The third-order valence-corrected chi connectivity index (χ3v) is 3.97. The molecule has 0 bridgehead atoms. The minimum absolute atomic E-state index is 0.882. The first kappa shape index (κ1) is 18.7. The van der Waals surface area contributed by atoms with Gasteiger partial charge in [0.2, 0.25) is 0 Å². The third-order valence-electron chi connectivity index (χ3n) is 2.90. The van der Waals surface area contributed by atoms with Crippen LogP contribution in [0.25, 0.3) is 0 Å². The lowest BCUT2D eigenvalue weighted by Gasteiger charge is -2.15. The summed E-state index contributed by atoms with van der Waals surface area (Å²) in [6.07, 6.45) is 19.4. The van der Waals surface area contributed by atoms with Gasteiger partial charge in [-0.25, -0.2) is 0 Å². The zero-order valence-electron chi connectivity index (χ0n) is 13.6. The average Bonchev–Trinajstić information content (AvgIpc) is 2.34. The van der Waals surface area contributed by atoms with Crippen molar-refractivity contribution >= 4 is 8.32 Å². The molecule has 0 aliphatic carbocycles. The summed E-state index contributed by atoms with van der Waals surface area (Å²) < 4.78 is 5.79. The molecule has 19 heavy (non-hydrogen) atoms. The van der Waals surface area contributed by atoms with Crippen molar-refractivity contribution in [1.82, 2.24) is 0 Å². The molecule has 0 aromatic heterocycles. The molecule has 0 aliphatic heterocycles. The second-order valence-electron chi connectivity index (χ2n) is 6.13. The van der Waals surface area contributed by atoms with Crippen LogP contribution in [0.2, 0.25) is 19.6 Å². The Morgan fingerprint density at radius 2 is 1.42 bits per heavy atom. The van der Waals surface area contributed by atoms with E-state index < -0.39 is 8.32 Å². The molecule has 0 saturated carbocycles. The van der Waals surface area contributed by atoms with Crippen molar-refractivity contribution in [2.45, 2.75) is 77.9 Å². The van der Waals surface area contributed by atoms with Crippen LogP contribution in [0.5, 0.6) is 0 Å². The van der Waals surface area contributed by atoms with Gasteiger partial charge in [0.05, 0.1) is 0 Å². The Hall–Kier alpha value is -0.343. The van der Waals surface area contributed by atoms with Crippen LogP contribution in [-0.2, 0) is 4.43 Å². The Morgan fingerprint density at radius 3 is 2.05 bits per heavy atom. The molecule has 0 aliphatic rings. The van der Waals surface area contributed by atoms with E-state index in [4.69, 9.17) is 4.43 Å². The Kier molecular flexibility index (Phi) is 12.4. The number of hydrogen-bond acceptors (Lipinski definition) is 1. The topological polar surface area (TPSA) is 9.23 Å². The second-order valence-corrected chi connectivity index (χ2v) is 10.6. The van der Waals surface area contributed by atoms with E-state index in [2.05, 4.69) is 50.9 Å². The molecule has 0 radical (unpaired) electrons. The average molecular weight is 283 g/mol. The van der Waals surface area contributed by atoms with Crippen LogP contribution >= 0.6 is 0 Å². The van der Waals surface area contributed by atoms with Crippen LogP contribution in [0.1, 0.15) is 58.3 Å². The van der Waals surface area contributed by atoms with Gasteiger partial charge in [-0.05, 0) is 45.3 Å². The van der Waals surface area contributed by atoms with Crippen molar-refractivity contribution in [3.63, 3.8) is 0 Å². The van der Waals surface area contributed by atoms with Crippen molar-refractivity contribution in [3.8, 4) is 0 Å². The molecule has 0 spiro atoms. The van der Waals surface area contributed by atoms with E-state index in [0.717, 1.165) is 19.4 Å². The van der Waals surface area contributed by atoms with E-state index in [1.807, 2.05) is 0 Å². The first-order chi connectivity index (χ1) is 9.06. The maximum atomic E-state index is 5.79. The van der Waals surface area contributed by atoms with Crippen molar-refractivity contribution < 1.29 is 4.43 Å². The Bertz CT molecular complexity index is 238. The lowest BCUT2D eigenvalue weighted by molar-refractivity contribution is 0.319. The Balaban J connectivity index is 3.28. The first-order valence-electron chi connectivity index (χ1n) is 8.00. The molecule has 0 fully saturated rings. The van der Waals surface area contributed by atoms with Crippen molar-refractivity contribution in [1.29, 1.82) is 0 Å². The number of hydrogen-bond donors (Lipinski definition) is 0. The lowest BCUT2D eigenvalue weighted by atomic mass is 10.1. The molecule has 0 aromatic rings. The van der Waals surface area contributed by atoms with E-state index >= 15 is 0 Å². The maximum Gasteiger partial charge on any atom is 0.183 e. The monoisotopic (exact) mass is 282 g/mol. The second kappa shape index (κ2) is 12.7. The van der Waals surface area contributed by atoms with Gasteiger partial charge in [-0.3, -0.25) is 0 Å². The van der Waals surface area contributed by atoms with Crippen molar-refractivity contribution in [2.24, 2.45) is 0 Å². The SMILES string of the molecule is CCCCCCC/C=C\C/C=C\CCO[Si](C)(C)C. The highest BCUT2D eigenvalue weighted by Crippen LogP contribution is 2.06. The molecule has 112 valence electrons. The molecule has 0 amide bonds. The van der Waals surface area contributed by atoms with Crippen molar-refractivity contribution in [3.05, 3.63) is 24.3 Å². The quantitative estimate of drug-likeness (QED) is 0.239. The van der Waals surface area contributed by atoms with E-state index in [1.54, 1.807) is 0 Å². The first-order valence-corrected chi connectivity index (χ1v) is 11.4. The van der Waals surface area contributed by atoms with E-state index in [1.165, 1.54) is 38.5 Å². The summed E-state index contributed by atoms with van der Waals surface area (Å²) in [5.74, 6) is 0. The van der Waals surface area contributed by atoms with Gasteiger partial charge in [-0.15, -0.1) is 0 Å². The van der Waals surface area contributed by atoms with Gasteiger partial charge in [0.25, 0.3) is 0 Å². The summed E-state index contributed by atoms with van der Waals surface area (Å²) >= 11 is 0. The highest BCUT2D eigenvalue weighted by atomic mass is 28.4.